The number of thiazole rings is 1. The standard InChI is InChI=1S/C14H12BrN3O2S/c15-10-1-3-11(4-2-10)18-13(20)9-17-12(19)5-6-14-16-7-8-21-14/h1-8H,9H2,(H,17,19)(H,18,20)/b6-5+. The Morgan fingerprint density at radius 2 is 2.05 bits per heavy atom. The fourth-order valence-corrected chi connectivity index (χ4v) is 2.22. The summed E-state index contributed by atoms with van der Waals surface area (Å²) < 4.78 is 0.932. The van der Waals surface area contributed by atoms with Crippen molar-refractivity contribution in [3.05, 3.63) is 51.4 Å². The Kier molecular flexibility index (Phi) is 5.65. The topological polar surface area (TPSA) is 71.1 Å². The van der Waals surface area contributed by atoms with Gasteiger partial charge in [0.05, 0.1) is 6.54 Å². The zero-order valence-electron chi connectivity index (χ0n) is 10.9. The molecule has 2 amide bonds. The molecule has 21 heavy (non-hydrogen) atoms. The van der Waals surface area contributed by atoms with Gasteiger partial charge < -0.3 is 10.6 Å². The van der Waals surface area contributed by atoms with Gasteiger partial charge in [-0.15, -0.1) is 11.3 Å². The summed E-state index contributed by atoms with van der Waals surface area (Å²) in [4.78, 5) is 27.2. The van der Waals surface area contributed by atoms with Crippen LogP contribution in [-0.2, 0) is 9.59 Å². The van der Waals surface area contributed by atoms with Crippen LogP contribution >= 0.6 is 27.3 Å². The molecule has 0 atom stereocenters. The van der Waals surface area contributed by atoms with Gasteiger partial charge in [-0.3, -0.25) is 9.59 Å². The van der Waals surface area contributed by atoms with E-state index in [2.05, 4.69) is 31.5 Å². The molecular formula is C14H12BrN3O2S. The van der Waals surface area contributed by atoms with E-state index in [1.807, 2.05) is 17.5 Å². The van der Waals surface area contributed by atoms with E-state index in [1.165, 1.54) is 17.4 Å². The molecule has 108 valence electrons. The minimum Gasteiger partial charge on any atom is -0.343 e. The quantitative estimate of drug-likeness (QED) is 0.800. The minimum absolute atomic E-state index is 0.0862. The third-order valence-corrected chi connectivity index (χ3v) is 3.65. The zero-order valence-corrected chi connectivity index (χ0v) is 13.3. The summed E-state index contributed by atoms with van der Waals surface area (Å²) >= 11 is 4.74. The molecule has 0 radical (unpaired) electrons. The van der Waals surface area contributed by atoms with Gasteiger partial charge in [0, 0.05) is 27.8 Å². The first-order chi connectivity index (χ1) is 10.1. The average molecular weight is 366 g/mol. The number of carbonyl (C=O) groups excluding carboxylic acids is 2. The minimum atomic E-state index is -0.337. The number of halogens is 1. The van der Waals surface area contributed by atoms with Crippen molar-refractivity contribution < 1.29 is 9.59 Å². The Labute approximate surface area is 134 Å². The summed E-state index contributed by atoms with van der Waals surface area (Å²) in [5.41, 5.74) is 0.677. The van der Waals surface area contributed by atoms with Crippen LogP contribution in [0.5, 0.6) is 0 Å². The van der Waals surface area contributed by atoms with Gasteiger partial charge in [-0.1, -0.05) is 15.9 Å². The Hall–Kier alpha value is -1.99. The molecular weight excluding hydrogens is 354 g/mol. The van der Waals surface area contributed by atoms with Crippen LogP contribution in [0.1, 0.15) is 5.01 Å². The summed E-state index contributed by atoms with van der Waals surface area (Å²) in [6.07, 6.45) is 4.62. The number of carbonyl (C=O) groups is 2. The molecule has 1 aromatic heterocycles. The molecule has 0 unspecified atom stereocenters. The summed E-state index contributed by atoms with van der Waals surface area (Å²) in [6, 6.07) is 7.19. The molecule has 0 saturated heterocycles. The van der Waals surface area contributed by atoms with E-state index in [4.69, 9.17) is 0 Å². The molecule has 0 bridgehead atoms. The van der Waals surface area contributed by atoms with Gasteiger partial charge in [0.1, 0.15) is 5.01 Å². The number of aromatic nitrogens is 1. The Morgan fingerprint density at radius 3 is 2.71 bits per heavy atom. The average Bonchev–Trinajstić information content (AvgIpc) is 2.99. The Bertz CT molecular complexity index is 639. The highest BCUT2D eigenvalue weighted by atomic mass is 79.9. The smallest absolute Gasteiger partial charge is 0.244 e. The van der Waals surface area contributed by atoms with Crippen molar-refractivity contribution in [1.29, 1.82) is 0 Å². The molecule has 0 aliphatic heterocycles. The first kappa shape index (κ1) is 15.4. The van der Waals surface area contributed by atoms with Crippen LogP contribution in [0.15, 0.2) is 46.4 Å². The highest BCUT2D eigenvalue weighted by Gasteiger charge is 2.04. The van der Waals surface area contributed by atoms with Crippen molar-refractivity contribution in [2.75, 3.05) is 11.9 Å². The SMILES string of the molecule is O=C(/C=C/c1nccs1)NCC(=O)Nc1ccc(Br)cc1. The molecule has 0 aliphatic rings. The third kappa shape index (κ3) is 5.49. The van der Waals surface area contributed by atoms with E-state index >= 15 is 0 Å². The highest BCUT2D eigenvalue weighted by molar-refractivity contribution is 9.10. The first-order valence-corrected chi connectivity index (χ1v) is 7.71. The highest BCUT2D eigenvalue weighted by Crippen LogP contribution is 2.13. The van der Waals surface area contributed by atoms with Gasteiger partial charge in [-0.2, -0.15) is 0 Å². The van der Waals surface area contributed by atoms with Crippen LogP contribution in [0, 0.1) is 0 Å². The fourth-order valence-electron chi connectivity index (χ4n) is 1.43. The van der Waals surface area contributed by atoms with E-state index in [1.54, 1.807) is 24.4 Å². The van der Waals surface area contributed by atoms with Crippen molar-refractivity contribution in [3.8, 4) is 0 Å². The van der Waals surface area contributed by atoms with Crippen LogP contribution in [0.25, 0.3) is 6.08 Å². The van der Waals surface area contributed by atoms with E-state index in [9.17, 15) is 9.59 Å². The number of rotatable bonds is 5. The Morgan fingerprint density at radius 1 is 1.29 bits per heavy atom. The molecule has 2 N–H and O–H groups in total. The molecule has 0 aliphatic carbocycles. The maximum atomic E-state index is 11.7. The summed E-state index contributed by atoms with van der Waals surface area (Å²) in [7, 11) is 0. The zero-order chi connectivity index (χ0) is 15.1. The van der Waals surface area contributed by atoms with Crippen LogP contribution < -0.4 is 10.6 Å². The summed E-state index contributed by atoms with van der Waals surface area (Å²) in [5, 5.41) is 7.75. The van der Waals surface area contributed by atoms with E-state index in [0.717, 1.165) is 9.48 Å². The van der Waals surface area contributed by atoms with Gasteiger partial charge in [-0.25, -0.2) is 4.98 Å². The molecule has 0 saturated carbocycles. The van der Waals surface area contributed by atoms with E-state index in [0.29, 0.717) is 5.69 Å². The van der Waals surface area contributed by atoms with Gasteiger partial charge >= 0.3 is 0 Å². The van der Waals surface area contributed by atoms with Crippen LogP contribution in [0.3, 0.4) is 0 Å². The number of amides is 2. The normalized spacial score (nSPS) is 10.5. The number of anilines is 1. The molecule has 2 rings (SSSR count). The van der Waals surface area contributed by atoms with Crippen molar-refractivity contribution in [2.45, 2.75) is 0 Å². The van der Waals surface area contributed by atoms with Crippen LogP contribution in [0.4, 0.5) is 5.69 Å². The molecule has 0 fully saturated rings. The van der Waals surface area contributed by atoms with Crippen molar-refractivity contribution in [3.63, 3.8) is 0 Å². The third-order valence-electron chi connectivity index (χ3n) is 2.38. The summed E-state index contributed by atoms with van der Waals surface area (Å²) in [6.45, 7) is -0.0862. The van der Waals surface area contributed by atoms with Crippen LogP contribution in [-0.4, -0.2) is 23.3 Å². The fraction of sp³-hybridized carbons (Fsp3) is 0.0714. The van der Waals surface area contributed by atoms with Gasteiger partial charge in [-0.05, 0) is 30.3 Å². The number of nitrogens with one attached hydrogen (secondary N) is 2. The van der Waals surface area contributed by atoms with E-state index < -0.39 is 0 Å². The van der Waals surface area contributed by atoms with Crippen molar-refractivity contribution >= 4 is 50.8 Å². The second-order valence-electron chi connectivity index (χ2n) is 3.98. The molecule has 1 aromatic carbocycles. The van der Waals surface area contributed by atoms with Crippen molar-refractivity contribution in [2.24, 2.45) is 0 Å². The lowest BCUT2D eigenvalue weighted by atomic mass is 10.3. The van der Waals surface area contributed by atoms with Gasteiger partial charge in [0.25, 0.3) is 0 Å². The number of nitrogens with zero attached hydrogens (tertiary/aromatic N) is 1. The summed E-state index contributed by atoms with van der Waals surface area (Å²) in [5.74, 6) is -0.621. The maximum Gasteiger partial charge on any atom is 0.244 e. The van der Waals surface area contributed by atoms with Crippen molar-refractivity contribution in [1.82, 2.24) is 10.3 Å². The molecule has 5 nitrogen and oxygen atoms in total. The Balaban J connectivity index is 1.75. The lowest BCUT2D eigenvalue weighted by Crippen LogP contribution is -2.31. The maximum absolute atomic E-state index is 11.7. The van der Waals surface area contributed by atoms with Crippen LogP contribution in [0.2, 0.25) is 0 Å². The molecule has 7 heteroatoms. The lowest BCUT2D eigenvalue weighted by molar-refractivity contribution is -0.121. The predicted molar refractivity (Wildman–Crippen MR) is 86.9 cm³/mol. The van der Waals surface area contributed by atoms with Gasteiger partial charge in [0.15, 0.2) is 0 Å². The number of benzene rings is 1. The van der Waals surface area contributed by atoms with Gasteiger partial charge in [0.2, 0.25) is 11.8 Å². The molecule has 1 heterocycles. The monoisotopic (exact) mass is 365 g/mol. The predicted octanol–water partition coefficient (Wildman–Crippen LogP) is 2.67. The second-order valence-corrected chi connectivity index (χ2v) is 5.82. The molecule has 0 spiro atoms. The first-order valence-electron chi connectivity index (χ1n) is 6.04. The number of hydrogen-bond donors (Lipinski definition) is 2. The van der Waals surface area contributed by atoms with E-state index in [-0.39, 0.29) is 18.4 Å². The second kappa shape index (κ2) is 7.70. The molecule has 2 aromatic rings. The largest absolute Gasteiger partial charge is 0.343 e. The number of hydrogen-bond acceptors (Lipinski definition) is 4. The lowest BCUT2D eigenvalue weighted by Gasteiger charge is -2.05.